The van der Waals surface area contributed by atoms with Crippen molar-refractivity contribution in [1.29, 1.82) is 0 Å². The molecule has 0 N–H and O–H groups in total. The summed E-state index contributed by atoms with van der Waals surface area (Å²) in [5.74, 6) is 1.93. The fourth-order valence-corrected chi connectivity index (χ4v) is 7.96. The highest BCUT2D eigenvalue weighted by Crippen LogP contribution is 2.40. The minimum atomic E-state index is 0.634. The lowest BCUT2D eigenvalue weighted by molar-refractivity contribution is 1.07. The van der Waals surface area contributed by atoms with Crippen LogP contribution in [0.25, 0.3) is 99.8 Å². The first-order valence-corrected chi connectivity index (χ1v) is 17.5. The lowest BCUT2D eigenvalue weighted by Crippen LogP contribution is -2.01. The molecule has 5 nitrogen and oxygen atoms in total. The third kappa shape index (κ3) is 4.33. The Hall–Kier alpha value is -7.11. The SMILES string of the molecule is c1ccc(-c2nc(-c3ccccc3)nc(-c3cccc(-n4c5ccccc5c5cc6c(cc54)c4ccccc4n4c5ccccc5cc64)c3)n2)cc1. The maximum atomic E-state index is 5.03. The Morgan fingerprint density at radius 2 is 0.846 bits per heavy atom. The van der Waals surface area contributed by atoms with Crippen molar-refractivity contribution in [2.75, 3.05) is 0 Å². The topological polar surface area (TPSA) is 48.0 Å². The molecule has 7 aromatic carbocycles. The fraction of sp³-hybridized carbons (Fsp3) is 0. The Kier molecular flexibility index (Phi) is 6.18. The summed E-state index contributed by atoms with van der Waals surface area (Å²) in [4.78, 5) is 15.0. The van der Waals surface area contributed by atoms with Crippen LogP contribution in [0.4, 0.5) is 0 Å². The fourth-order valence-electron chi connectivity index (χ4n) is 7.96. The van der Waals surface area contributed by atoms with Crippen molar-refractivity contribution in [3.63, 3.8) is 0 Å². The average molecular weight is 664 g/mol. The predicted octanol–water partition coefficient (Wildman–Crippen LogP) is 11.7. The second-order valence-electron chi connectivity index (χ2n) is 13.3. The Labute approximate surface area is 298 Å². The van der Waals surface area contributed by atoms with Crippen LogP contribution in [0.15, 0.2) is 176 Å². The van der Waals surface area contributed by atoms with Crippen LogP contribution in [-0.2, 0) is 0 Å². The van der Waals surface area contributed by atoms with E-state index < -0.39 is 0 Å². The van der Waals surface area contributed by atoms with E-state index in [-0.39, 0.29) is 0 Å². The van der Waals surface area contributed by atoms with Crippen LogP contribution >= 0.6 is 0 Å². The van der Waals surface area contributed by atoms with Gasteiger partial charge in [0.2, 0.25) is 0 Å². The lowest BCUT2D eigenvalue weighted by Gasteiger charge is -2.13. The van der Waals surface area contributed by atoms with Crippen molar-refractivity contribution < 1.29 is 0 Å². The van der Waals surface area contributed by atoms with E-state index in [1.807, 2.05) is 60.7 Å². The molecule has 11 rings (SSSR count). The normalized spacial score (nSPS) is 11.8. The number of fused-ring (bicyclic) bond motifs is 11. The Morgan fingerprint density at radius 1 is 0.308 bits per heavy atom. The molecule has 4 heterocycles. The molecular weight excluding hydrogens is 635 g/mol. The molecule has 0 saturated carbocycles. The molecule has 0 amide bonds. The van der Waals surface area contributed by atoms with E-state index in [0.717, 1.165) is 33.4 Å². The molecule has 11 aromatic rings. The van der Waals surface area contributed by atoms with Gasteiger partial charge in [-0.15, -0.1) is 0 Å². The van der Waals surface area contributed by atoms with Gasteiger partial charge >= 0.3 is 0 Å². The van der Waals surface area contributed by atoms with Gasteiger partial charge in [-0.2, -0.15) is 0 Å². The summed E-state index contributed by atoms with van der Waals surface area (Å²) in [6.45, 7) is 0. The highest BCUT2D eigenvalue weighted by atomic mass is 15.0. The van der Waals surface area contributed by atoms with E-state index in [4.69, 9.17) is 15.0 Å². The third-order valence-electron chi connectivity index (χ3n) is 10.3. The zero-order valence-electron chi connectivity index (χ0n) is 28.0. The maximum Gasteiger partial charge on any atom is 0.164 e. The van der Waals surface area contributed by atoms with Crippen LogP contribution in [0.5, 0.6) is 0 Å². The van der Waals surface area contributed by atoms with Crippen molar-refractivity contribution in [2.24, 2.45) is 0 Å². The molecule has 0 unspecified atom stereocenters. The molecule has 0 atom stereocenters. The van der Waals surface area contributed by atoms with E-state index in [9.17, 15) is 0 Å². The second kappa shape index (κ2) is 11.2. The number of pyridine rings is 1. The molecule has 0 radical (unpaired) electrons. The summed E-state index contributed by atoms with van der Waals surface area (Å²) in [5.41, 5.74) is 9.81. The van der Waals surface area contributed by atoms with Crippen LogP contribution < -0.4 is 0 Å². The zero-order valence-corrected chi connectivity index (χ0v) is 28.0. The Balaban J connectivity index is 1.17. The zero-order chi connectivity index (χ0) is 34.2. The minimum absolute atomic E-state index is 0.634. The first-order chi connectivity index (χ1) is 25.8. The van der Waals surface area contributed by atoms with E-state index in [1.54, 1.807) is 0 Å². The van der Waals surface area contributed by atoms with Gasteiger partial charge in [-0.25, -0.2) is 15.0 Å². The monoisotopic (exact) mass is 663 g/mol. The molecular formula is C47H29N5. The van der Waals surface area contributed by atoms with Crippen molar-refractivity contribution in [3.8, 4) is 39.9 Å². The molecule has 0 aliphatic carbocycles. The molecule has 52 heavy (non-hydrogen) atoms. The van der Waals surface area contributed by atoms with Crippen LogP contribution in [0.2, 0.25) is 0 Å². The Morgan fingerprint density at radius 3 is 1.56 bits per heavy atom. The van der Waals surface area contributed by atoms with Crippen molar-refractivity contribution in [3.05, 3.63) is 176 Å². The van der Waals surface area contributed by atoms with Crippen LogP contribution in [0.3, 0.4) is 0 Å². The molecule has 0 spiro atoms. The molecule has 0 fully saturated rings. The summed E-state index contributed by atoms with van der Waals surface area (Å²) in [7, 11) is 0. The van der Waals surface area contributed by atoms with E-state index >= 15 is 0 Å². The van der Waals surface area contributed by atoms with Gasteiger partial charge in [0.1, 0.15) is 0 Å². The van der Waals surface area contributed by atoms with Gasteiger partial charge in [0.05, 0.1) is 27.6 Å². The summed E-state index contributed by atoms with van der Waals surface area (Å²) in [6.07, 6.45) is 0. The van der Waals surface area contributed by atoms with Crippen molar-refractivity contribution in [1.82, 2.24) is 23.9 Å². The third-order valence-corrected chi connectivity index (χ3v) is 10.3. The molecule has 242 valence electrons. The molecule has 5 heteroatoms. The number of nitrogens with zero attached hydrogens (tertiary/aromatic N) is 5. The standard InChI is InChI=1S/C47H29N5/c1-3-14-30(15-4-1)45-48-46(31-16-5-2-6-17-31)50-47(49-45)33-19-13-20-34(26-33)51-41-24-11-9-22-36(41)38-28-39-37(29-44(38)51)35-21-8-12-25-42(35)52-40-23-10-7-18-32(40)27-43(39)52/h1-29H. The van der Waals surface area contributed by atoms with E-state index in [0.29, 0.717) is 17.5 Å². The smallest absolute Gasteiger partial charge is 0.164 e. The van der Waals surface area contributed by atoms with Crippen molar-refractivity contribution >= 4 is 59.9 Å². The summed E-state index contributed by atoms with van der Waals surface area (Å²) >= 11 is 0. The number of hydrogen-bond donors (Lipinski definition) is 0. The molecule has 0 aliphatic rings. The van der Waals surface area contributed by atoms with Crippen LogP contribution in [-0.4, -0.2) is 23.9 Å². The first-order valence-electron chi connectivity index (χ1n) is 17.5. The lowest BCUT2D eigenvalue weighted by atomic mass is 10.0. The average Bonchev–Trinajstić information content (AvgIpc) is 3.77. The summed E-state index contributed by atoms with van der Waals surface area (Å²) < 4.78 is 4.81. The quantitative estimate of drug-likeness (QED) is 0.176. The minimum Gasteiger partial charge on any atom is -0.309 e. The van der Waals surface area contributed by atoms with Gasteiger partial charge in [-0.05, 0) is 53.9 Å². The highest BCUT2D eigenvalue weighted by molar-refractivity contribution is 6.22. The number of hydrogen-bond acceptors (Lipinski definition) is 3. The largest absolute Gasteiger partial charge is 0.309 e. The van der Waals surface area contributed by atoms with Crippen LogP contribution in [0, 0.1) is 0 Å². The maximum absolute atomic E-state index is 5.03. The van der Waals surface area contributed by atoms with Crippen LogP contribution in [0.1, 0.15) is 0 Å². The highest BCUT2D eigenvalue weighted by Gasteiger charge is 2.19. The second-order valence-corrected chi connectivity index (χ2v) is 13.3. The number of para-hydroxylation sites is 3. The predicted molar refractivity (Wildman–Crippen MR) is 214 cm³/mol. The number of rotatable bonds is 4. The molecule has 0 aliphatic heterocycles. The summed E-state index contributed by atoms with van der Waals surface area (Å²) in [6, 6.07) is 62.1. The number of benzene rings is 7. The molecule has 0 bridgehead atoms. The van der Waals surface area contributed by atoms with E-state index in [1.165, 1.54) is 48.9 Å². The summed E-state index contributed by atoms with van der Waals surface area (Å²) in [5, 5.41) is 7.37. The Bertz CT molecular complexity index is 3120. The van der Waals surface area contributed by atoms with Gasteiger partial charge in [0.15, 0.2) is 17.5 Å². The number of aromatic nitrogens is 5. The van der Waals surface area contributed by atoms with Crippen molar-refractivity contribution in [2.45, 2.75) is 0 Å². The van der Waals surface area contributed by atoms with Gasteiger partial charge in [0, 0.05) is 49.3 Å². The van der Waals surface area contributed by atoms with Gasteiger partial charge < -0.3 is 8.97 Å². The van der Waals surface area contributed by atoms with E-state index in [2.05, 4.69) is 124 Å². The molecule has 4 aromatic heterocycles. The van der Waals surface area contributed by atoms with Gasteiger partial charge in [0.25, 0.3) is 0 Å². The van der Waals surface area contributed by atoms with Gasteiger partial charge in [-0.1, -0.05) is 127 Å². The molecule has 0 saturated heterocycles. The van der Waals surface area contributed by atoms with Gasteiger partial charge in [-0.3, -0.25) is 0 Å². The first kappa shape index (κ1) is 28.7.